The zero-order valence-electron chi connectivity index (χ0n) is 31.6. The van der Waals surface area contributed by atoms with Crippen LogP contribution < -0.4 is 0 Å². The molecule has 0 saturated heterocycles. The van der Waals surface area contributed by atoms with Crippen molar-refractivity contribution in [2.75, 3.05) is 0 Å². The van der Waals surface area contributed by atoms with Gasteiger partial charge in [0.25, 0.3) is 0 Å². The second-order valence-corrected chi connectivity index (χ2v) is 15.1. The third-order valence-corrected chi connectivity index (χ3v) is 11.4. The Hall–Kier alpha value is -7.48. The number of nitrogens with zero attached hydrogens (tertiary/aromatic N) is 4. The van der Waals surface area contributed by atoms with Crippen LogP contribution >= 0.6 is 0 Å². The number of benzene rings is 8. The van der Waals surface area contributed by atoms with E-state index in [1.165, 1.54) is 49.7 Å². The van der Waals surface area contributed by atoms with Gasteiger partial charge in [-0.3, -0.25) is 0 Å². The van der Waals surface area contributed by atoms with Crippen LogP contribution in [0.3, 0.4) is 0 Å². The largest absolute Gasteiger partial charge is 0.238 e. The lowest BCUT2D eigenvalue weighted by atomic mass is 9.81. The smallest absolute Gasteiger partial charge is 0.187 e. The molecule has 57 heavy (non-hydrogen) atoms. The number of rotatable bonds is 6. The molecule has 0 fully saturated rings. The Labute approximate surface area is 332 Å². The highest BCUT2D eigenvalue weighted by atomic mass is 15.0. The molecule has 0 radical (unpaired) electrons. The zero-order chi connectivity index (χ0) is 38.5. The molecule has 1 aliphatic carbocycles. The Balaban J connectivity index is 1.02. The van der Waals surface area contributed by atoms with Gasteiger partial charge >= 0.3 is 0 Å². The average molecular weight is 729 g/mol. The normalized spacial score (nSPS) is 12.5. The molecule has 268 valence electrons. The highest BCUT2D eigenvalue weighted by molar-refractivity contribution is 6.04. The van der Waals surface area contributed by atoms with E-state index in [1.54, 1.807) is 0 Å². The number of fused-ring (bicyclic) bond motifs is 4. The van der Waals surface area contributed by atoms with E-state index >= 15 is 0 Å². The Kier molecular flexibility index (Phi) is 8.17. The minimum atomic E-state index is -0.188. The molecular weight excluding hydrogens is 693 g/mol. The molecule has 10 rings (SSSR count). The van der Waals surface area contributed by atoms with E-state index in [-0.39, 0.29) is 5.41 Å². The van der Waals surface area contributed by atoms with Crippen LogP contribution in [-0.2, 0) is 5.41 Å². The van der Waals surface area contributed by atoms with Gasteiger partial charge in [0, 0.05) is 22.1 Å². The molecule has 4 nitrogen and oxygen atoms in total. The summed E-state index contributed by atoms with van der Waals surface area (Å²) in [5.74, 6) is 1.93. The molecule has 0 unspecified atom stereocenters. The third kappa shape index (κ3) is 5.98. The zero-order valence-corrected chi connectivity index (χ0v) is 31.6. The average Bonchev–Trinajstić information content (AvgIpc) is 3.51. The van der Waals surface area contributed by atoms with Crippen LogP contribution in [0.4, 0.5) is 5.69 Å². The van der Waals surface area contributed by atoms with Crippen LogP contribution in [0.25, 0.3) is 94.3 Å². The molecule has 1 aromatic heterocycles. The number of aromatic nitrogens is 3. The van der Waals surface area contributed by atoms with E-state index in [9.17, 15) is 0 Å². The fraction of sp³-hybridized carbons (Fsp3) is 0.0566. The number of hydrogen-bond acceptors (Lipinski definition) is 3. The summed E-state index contributed by atoms with van der Waals surface area (Å²) < 4.78 is 0. The van der Waals surface area contributed by atoms with Crippen LogP contribution in [0.5, 0.6) is 0 Å². The van der Waals surface area contributed by atoms with E-state index in [0.29, 0.717) is 23.2 Å². The molecule has 0 aliphatic heterocycles. The SMILES string of the molecule is [C-]#[N+]c1ccc2c(c1)C(C)(C)c1cc(-c3ccc(-c4c(-c5ccc(-c6nc(-c7ccccc7)nc(-c7ccccc7)n6)cc5)ccc5ccccc45)cc3)ccc1-2. The van der Waals surface area contributed by atoms with Crippen molar-refractivity contribution in [1.29, 1.82) is 0 Å². The van der Waals surface area contributed by atoms with Gasteiger partial charge in [0.05, 0.1) is 6.57 Å². The minimum Gasteiger partial charge on any atom is -0.238 e. The van der Waals surface area contributed by atoms with Crippen LogP contribution in [0.2, 0.25) is 0 Å². The van der Waals surface area contributed by atoms with Gasteiger partial charge in [-0.25, -0.2) is 19.8 Å². The maximum Gasteiger partial charge on any atom is 0.187 e. The first kappa shape index (κ1) is 34.0. The van der Waals surface area contributed by atoms with Crippen molar-refractivity contribution in [3.63, 3.8) is 0 Å². The van der Waals surface area contributed by atoms with Gasteiger partial charge in [0.2, 0.25) is 0 Å². The highest BCUT2D eigenvalue weighted by Crippen LogP contribution is 2.51. The van der Waals surface area contributed by atoms with E-state index in [2.05, 4.69) is 134 Å². The molecule has 0 atom stereocenters. The van der Waals surface area contributed by atoms with Crippen molar-refractivity contribution >= 4 is 16.5 Å². The molecule has 8 aromatic carbocycles. The second kappa shape index (κ2) is 13.7. The van der Waals surface area contributed by atoms with Crippen LogP contribution in [-0.4, -0.2) is 15.0 Å². The Bertz CT molecular complexity index is 2960. The molecule has 0 spiro atoms. The lowest BCUT2D eigenvalue weighted by molar-refractivity contribution is 0.661. The predicted octanol–water partition coefficient (Wildman–Crippen LogP) is 13.9. The summed E-state index contributed by atoms with van der Waals surface area (Å²) in [5.41, 5.74) is 15.3. The molecule has 1 aliphatic rings. The monoisotopic (exact) mass is 728 g/mol. The summed E-state index contributed by atoms with van der Waals surface area (Å²) >= 11 is 0. The lowest BCUT2D eigenvalue weighted by Gasteiger charge is -2.22. The molecule has 4 heteroatoms. The van der Waals surface area contributed by atoms with Gasteiger partial charge < -0.3 is 0 Å². The van der Waals surface area contributed by atoms with Crippen molar-refractivity contribution in [3.05, 3.63) is 205 Å². The van der Waals surface area contributed by atoms with Gasteiger partial charge in [-0.2, -0.15) is 0 Å². The molecule has 1 heterocycles. The van der Waals surface area contributed by atoms with Gasteiger partial charge in [-0.15, -0.1) is 0 Å². The van der Waals surface area contributed by atoms with Gasteiger partial charge in [-0.1, -0.05) is 190 Å². The molecule has 0 N–H and O–H groups in total. The van der Waals surface area contributed by atoms with E-state index in [1.807, 2.05) is 66.7 Å². The highest BCUT2D eigenvalue weighted by Gasteiger charge is 2.35. The summed E-state index contributed by atoms with van der Waals surface area (Å²) in [6, 6.07) is 63.7. The standard InChI is InChI=1S/C53H36N4/c1-53(2)47-32-41(27-30-45(47)46-31-28-42(54-3)33-48(46)53)34-18-22-37(23-19-34)49-43-17-11-10-12-35(43)26-29-44(49)36-20-24-40(25-21-36)52-56-50(38-13-6-4-7-14-38)55-51(57-52)39-15-8-5-9-16-39/h4-33H,1-2H3. The fourth-order valence-corrected chi connectivity index (χ4v) is 8.36. The molecule has 9 aromatic rings. The Morgan fingerprint density at radius 2 is 0.877 bits per heavy atom. The second-order valence-electron chi connectivity index (χ2n) is 15.1. The first-order valence-electron chi connectivity index (χ1n) is 19.2. The summed E-state index contributed by atoms with van der Waals surface area (Å²) in [4.78, 5) is 18.5. The quantitative estimate of drug-likeness (QED) is 0.160. The topological polar surface area (TPSA) is 43.0 Å². The first-order valence-corrected chi connectivity index (χ1v) is 19.2. The van der Waals surface area contributed by atoms with E-state index in [0.717, 1.165) is 33.4 Å². The summed E-state index contributed by atoms with van der Waals surface area (Å²) in [6.45, 7) is 12.1. The first-order chi connectivity index (χ1) is 27.9. The van der Waals surface area contributed by atoms with Gasteiger partial charge in [-0.05, 0) is 72.5 Å². The summed E-state index contributed by atoms with van der Waals surface area (Å²) in [6.07, 6.45) is 0. The van der Waals surface area contributed by atoms with Crippen molar-refractivity contribution in [2.24, 2.45) is 0 Å². The van der Waals surface area contributed by atoms with Crippen LogP contribution in [0, 0.1) is 6.57 Å². The van der Waals surface area contributed by atoms with Gasteiger partial charge in [0.15, 0.2) is 23.2 Å². The van der Waals surface area contributed by atoms with Crippen LogP contribution in [0.1, 0.15) is 25.0 Å². The molecule has 0 bridgehead atoms. The van der Waals surface area contributed by atoms with Crippen LogP contribution in [0.15, 0.2) is 182 Å². The molecule has 0 saturated carbocycles. The van der Waals surface area contributed by atoms with Crippen molar-refractivity contribution < 1.29 is 0 Å². The third-order valence-electron chi connectivity index (χ3n) is 11.4. The molecular formula is C53H36N4. The number of hydrogen-bond donors (Lipinski definition) is 0. The Morgan fingerprint density at radius 3 is 1.51 bits per heavy atom. The van der Waals surface area contributed by atoms with E-state index < -0.39 is 0 Å². The minimum absolute atomic E-state index is 0.188. The maximum absolute atomic E-state index is 7.55. The maximum atomic E-state index is 7.55. The predicted molar refractivity (Wildman–Crippen MR) is 234 cm³/mol. The van der Waals surface area contributed by atoms with Gasteiger partial charge in [0.1, 0.15) is 0 Å². The Morgan fingerprint density at radius 1 is 0.404 bits per heavy atom. The van der Waals surface area contributed by atoms with Crippen molar-refractivity contribution in [2.45, 2.75) is 19.3 Å². The van der Waals surface area contributed by atoms with E-state index in [4.69, 9.17) is 21.5 Å². The summed E-state index contributed by atoms with van der Waals surface area (Å²) in [7, 11) is 0. The lowest BCUT2D eigenvalue weighted by Crippen LogP contribution is -2.14. The summed E-state index contributed by atoms with van der Waals surface area (Å²) in [5, 5.41) is 2.41. The molecule has 0 amide bonds. The fourth-order valence-electron chi connectivity index (χ4n) is 8.36. The van der Waals surface area contributed by atoms with Crippen molar-refractivity contribution in [1.82, 2.24) is 15.0 Å². The van der Waals surface area contributed by atoms with Crippen molar-refractivity contribution in [3.8, 4) is 78.7 Å².